The largest absolute Gasteiger partial charge is 0.416 e. The molecule has 0 spiro atoms. The molecule has 0 heterocycles. The molecule has 5 heteroatoms. The molecule has 1 unspecified atom stereocenters. The summed E-state index contributed by atoms with van der Waals surface area (Å²) >= 11 is 0. The van der Waals surface area contributed by atoms with Gasteiger partial charge in [0.2, 0.25) is 0 Å². The van der Waals surface area contributed by atoms with E-state index in [0.717, 1.165) is 11.8 Å². The van der Waals surface area contributed by atoms with Gasteiger partial charge in [0.1, 0.15) is 0 Å². The summed E-state index contributed by atoms with van der Waals surface area (Å²) in [5.74, 6) is 0. The van der Waals surface area contributed by atoms with Crippen LogP contribution < -0.4 is 10.6 Å². The van der Waals surface area contributed by atoms with Gasteiger partial charge in [0.15, 0.2) is 0 Å². The topological polar surface area (TPSA) is 29.3 Å². The minimum atomic E-state index is -4.39. The van der Waals surface area contributed by atoms with Crippen molar-refractivity contribution in [3.63, 3.8) is 0 Å². The van der Waals surface area contributed by atoms with Crippen LogP contribution in [0, 0.1) is 0 Å². The highest BCUT2D eigenvalue weighted by Crippen LogP contribution is 2.36. The molecule has 0 bridgehead atoms. The highest BCUT2D eigenvalue weighted by atomic mass is 19.4. The van der Waals surface area contributed by atoms with Crippen LogP contribution in [0.25, 0.3) is 0 Å². The third-order valence-electron chi connectivity index (χ3n) is 3.48. The zero-order chi connectivity index (χ0) is 15.5. The maximum Gasteiger partial charge on any atom is 0.416 e. The summed E-state index contributed by atoms with van der Waals surface area (Å²) in [4.78, 5) is 1.77. The smallest absolute Gasteiger partial charge is 0.366 e. The third kappa shape index (κ3) is 3.36. The summed E-state index contributed by atoms with van der Waals surface area (Å²) in [6, 6.07) is 14.3. The van der Waals surface area contributed by atoms with Crippen LogP contribution in [0.3, 0.4) is 0 Å². The second-order valence-corrected chi connectivity index (χ2v) is 4.78. The average Bonchev–Trinajstić information content (AvgIpc) is 2.48. The van der Waals surface area contributed by atoms with Crippen LogP contribution in [-0.4, -0.2) is 13.6 Å². The molecule has 21 heavy (non-hydrogen) atoms. The van der Waals surface area contributed by atoms with Crippen molar-refractivity contribution in [1.82, 2.24) is 0 Å². The molecule has 0 aliphatic rings. The highest BCUT2D eigenvalue weighted by Gasteiger charge is 2.35. The van der Waals surface area contributed by atoms with E-state index < -0.39 is 17.8 Å². The monoisotopic (exact) mass is 294 g/mol. The number of likely N-dealkylation sites (N-methyl/N-ethyl adjacent to an activating group) is 1. The Bertz CT molecular complexity index is 582. The molecule has 2 aromatic carbocycles. The van der Waals surface area contributed by atoms with E-state index in [0.29, 0.717) is 0 Å². The van der Waals surface area contributed by atoms with Crippen molar-refractivity contribution in [1.29, 1.82) is 0 Å². The number of hydrogen-bond acceptors (Lipinski definition) is 2. The van der Waals surface area contributed by atoms with E-state index in [4.69, 9.17) is 5.73 Å². The van der Waals surface area contributed by atoms with Crippen LogP contribution in [0.1, 0.15) is 17.2 Å². The molecule has 2 rings (SSSR count). The van der Waals surface area contributed by atoms with Crippen molar-refractivity contribution in [2.24, 2.45) is 5.73 Å². The van der Waals surface area contributed by atoms with Crippen molar-refractivity contribution in [3.8, 4) is 0 Å². The van der Waals surface area contributed by atoms with Crippen LogP contribution in [0.2, 0.25) is 0 Å². The zero-order valence-corrected chi connectivity index (χ0v) is 11.6. The number of para-hydroxylation sites is 1. The molecule has 0 aliphatic carbocycles. The van der Waals surface area contributed by atoms with Gasteiger partial charge in [-0.05, 0) is 23.8 Å². The number of benzene rings is 2. The van der Waals surface area contributed by atoms with Gasteiger partial charge in [-0.25, -0.2) is 0 Å². The summed E-state index contributed by atoms with van der Waals surface area (Å²) in [5, 5.41) is 0. The lowest BCUT2D eigenvalue weighted by Gasteiger charge is -2.31. The molecule has 0 aromatic heterocycles. The molecular formula is C16H17F3N2. The molecular weight excluding hydrogens is 277 g/mol. The SMILES string of the molecule is CN(c1ccccc1)C(CN)c1ccccc1C(F)(F)F. The lowest BCUT2D eigenvalue weighted by molar-refractivity contribution is -0.138. The Kier molecular flexibility index (Phi) is 4.53. The number of anilines is 1. The summed E-state index contributed by atoms with van der Waals surface area (Å²) in [6.45, 7) is 0.0957. The van der Waals surface area contributed by atoms with Gasteiger partial charge in [0.25, 0.3) is 0 Å². The number of halogens is 3. The fourth-order valence-electron chi connectivity index (χ4n) is 2.38. The molecule has 0 saturated carbocycles. The van der Waals surface area contributed by atoms with E-state index in [1.54, 1.807) is 18.0 Å². The molecule has 0 fully saturated rings. The Hall–Kier alpha value is -2.01. The second-order valence-electron chi connectivity index (χ2n) is 4.78. The van der Waals surface area contributed by atoms with Gasteiger partial charge in [-0.3, -0.25) is 0 Å². The van der Waals surface area contributed by atoms with E-state index in [2.05, 4.69) is 0 Å². The predicted octanol–water partition coefficient (Wildman–Crippen LogP) is 3.84. The molecule has 0 saturated heterocycles. The lowest BCUT2D eigenvalue weighted by Crippen LogP contribution is -2.32. The van der Waals surface area contributed by atoms with E-state index >= 15 is 0 Å². The van der Waals surface area contributed by atoms with Gasteiger partial charge in [0.05, 0.1) is 11.6 Å². The molecule has 2 nitrogen and oxygen atoms in total. The molecule has 0 radical (unpaired) electrons. The summed E-state index contributed by atoms with van der Waals surface area (Å²) in [5.41, 5.74) is 6.13. The summed E-state index contributed by atoms with van der Waals surface area (Å²) in [6.07, 6.45) is -4.39. The Morgan fingerprint density at radius 2 is 1.57 bits per heavy atom. The van der Waals surface area contributed by atoms with Crippen molar-refractivity contribution >= 4 is 5.69 Å². The fraction of sp³-hybridized carbons (Fsp3) is 0.250. The number of nitrogens with zero attached hydrogens (tertiary/aromatic N) is 1. The zero-order valence-electron chi connectivity index (χ0n) is 11.6. The fourth-order valence-corrected chi connectivity index (χ4v) is 2.38. The Morgan fingerprint density at radius 1 is 1.00 bits per heavy atom. The Balaban J connectivity index is 2.43. The Morgan fingerprint density at radius 3 is 2.14 bits per heavy atom. The number of nitrogens with two attached hydrogens (primary N) is 1. The molecule has 2 N–H and O–H groups in total. The minimum Gasteiger partial charge on any atom is -0.366 e. The molecule has 2 aromatic rings. The van der Waals surface area contributed by atoms with Gasteiger partial charge in [-0.1, -0.05) is 36.4 Å². The van der Waals surface area contributed by atoms with Crippen molar-refractivity contribution in [3.05, 3.63) is 65.7 Å². The van der Waals surface area contributed by atoms with Crippen molar-refractivity contribution < 1.29 is 13.2 Å². The van der Waals surface area contributed by atoms with Gasteiger partial charge in [-0.2, -0.15) is 13.2 Å². The number of rotatable bonds is 4. The van der Waals surface area contributed by atoms with E-state index in [1.165, 1.54) is 12.1 Å². The molecule has 1 atom stereocenters. The third-order valence-corrected chi connectivity index (χ3v) is 3.48. The van der Waals surface area contributed by atoms with Gasteiger partial charge in [-0.15, -0.1) is 0 Å². The van der Waals surface area contributed by atoms with E-state index in [1.807, 2.05) is 30.3 Å². The first-order valence-corrected chi connectivity index (χ1v) is 6.59. The van der Waals surface area contributed by atoms with Gasteiger partial charge < -0.3 is 10.6 Å². The predicted molar refractivity (Wildman–Crippen MR) is 78.1 cm³/mol. The summed E-state index contributed by atoms with van der Waals surface area (Å²) < 4.78 is 39.5. The maximum absolute atomic E-state index is 13.2. The minimum absolute atomic E-state index is 0.0957. The number of hydrogen-bond donors (Lipinski definition) is 1. The van der Waals surface area contributed by atoms with Gasteiger partial charge >= 0.3 is 6.18 Å². The van der Waals surface area contributed by atoms with Crippen molar-refractivity contribution in [2.75, 3.05) is 18.5 Å². The van der Waals surface area contributed by atoms with E-state index in [9.17, 15) is 13.2 Å². The first-order valence-electron chi connectivity index (χ1n) is 6.59. The normalized spacial score (nSPS) is 13.0. The summed E-state index contributed by atoms with van der Waals surface area (Å²) in [7, 11) is 1.75. The highest BCUT2D eigenvalue weighted by molar-refractivity contribution is 5.49. The van der Waals surface area contributed by atoms with Crippen LogP contribution in [0.4, 0.5) is 18.9 Å². The Labute approximate surface area is 122 Å². The van der Waals surface area contributed by atoms with Crippen LogP contribution in [0.5, 0.6) is 0 Å². The van der Waals surface area contributed by atoms with Crippen LogP contribution >= 0.6 is 0 Å². The first-order chi connectivity index (χ1) is 9.95. The van der Waals surface area contributed by atoms with Crippen LogP contribution in [0.15, 0.2) is 54.6 Å². The van der Waals surface area contributed by atoms with Crippen LogP contribution in [-0.2, 0) is 6.18 Å². The second kappa shape index (κ2) is 6.18. The first kappa shape index (κ1) is 15.4. The molecule has 0 amide bonds. The standard InChI is InChI=1S/C16H17F3N2/c1-21(12-7-3-2-4-8-12)15(11-20)13-9-5-6-10-14(13)16(17,18)19/h2-10,15H,11,20H2,1H3. The maximum atomic E-state index is 13.2. The molecule has 0 aliphatic heterocycles. The van der Waals surface area contributed by atoms with Gasteiger partial charge in [0, 0.05) is 19.3 Å². The average molecular weight is 294 g/mol. The quantitative estimate of drug-likeness (QED) is 0.928. The lowest BCUT2D eigenvalue weighted by atomic mass is 9.98. The van der Waals surface area contributed by atoms with E-state index in [-0.39, 0.29) is 12.1 Å². The number of alkyl halides is 3. The van der Waals surface area contributed by atoms with Crippen molar-refractivity contribution in [2.45, 2.75) is 12.2 Å². The molecule has 112 valence electrons.